The van der Waals surface area contributed by atoms with E-state index in [0.717, 1.165) is 35.5 Å². The van der Waals surface area contributed by atoms with Crippen molar-refractivity contribution in [1.82, 2.24) is 9.88 Å². The molecule has 1 aromatic carbocycles. The minimum Gasteiger partial charge on any atom is -0.486 e. The molecule has 0 atom stereocenters. The molecule has 1 N–H and O–H groups in total. The van der Waals surface area contributed by atoms with Gasteiger partial charge in [0.1, 0.15) is 24.9 Å². The molecule has 0 saturated carbocycles. The van der Waals surface area contributed by atoms with Crippen LogP contribution in [0, 0.1) is 25.2 Å². The first-order valence-corrected chi connectivity index (χ1v) is 9.48. The van der Waals surface area contributed by atoms with E-state index < -0.39 is 5.91 Å². The Labute approximate surface area is 165 Å². The van der Waals surface area contributed by atoms with Gasteiger partial charge in [0, 0.05) is 24.5 Å². The van der Waals surface area contributed by atoms with Crippen LogP contribution in [0.1, 0.15) is 35.9 Å². The van der Waals surface area contributed by atoms with Crippen LogP contribution in [0.25, 0.3) is 6.08 Å². The van der Waals surface area contributed by atoms with Crippen LogP contribution in [0.5, 0.6) is 11.5 Å². The summed E-state index contributed by atoms with van der Waals surface area (Å²) in [5.74, 6) is 0.997. The standard InChI is InChI=1S/C22H25N3O3/c1-4-7-25-15(2)10-18(16(25)3)12-19(13-23)22(26)24-14-17-5-6-20-21(11-17)28-9-8-27-20/h5-6,10-12H,4,7-9,14H2,1-3H3,(H,24,26)/b19-12+. The SMILES string of the molecule is CCCn1c(C)cc(/C=C(\C#N)C(=O)NCc2ccc3c(c2)OCCO3)c1C. The Kier molecular flexibility index (Phi) is 6.05. The normalized spacial score (nSPS) is 13.1. The third kappa shape index (κ3) is 4.20. The lowest BCUT2D eigenvalue weighted by molar-refractivity contribution is -0.117. The second kappa shape index (κ2) is 8.66. The first-order chi connectivity index (χ1) is 13.5. The summed E-state index contributed by atoms with van der Waals surface area (Å²) >= 11 is 0. The van der Waals surface area contributed by atoms with E-state index in [4.69, 9.17) is 9.47 Å². The van der Waals surface area contributed by atoms with Gasteiger partial charge >= 0.3 is 0 Å². The predicted molar refractivity (Wildman–Crippen MR) is 107 cm³/mol. The van der Waals surface area contributed by atoms with E-state index in [1.165, 1.54) is 0 Å². The van der Waals surface area contributed by atoms with Crippen molar-refractivity contribution >= 4 is 12.0 Å². The third-order valence-electron chi connectivity index (χ3n) is 4.78. The highest BCUT2D eigenvalue weighted by molar-refractivity contribution is 6.01. The maximum atomic E-state index is 12.5. The van der Waals surface area contributed by atoms with Gasteiger partial charge in [-0.1, -0.05) is 13.0 Å². The number of carbonyl (C=O) groups excluding carboxylic acids is 1. The van der Waals surface area contributed by atoms with E-state index >= 15 is 0 Å². The van der Waals surface area contributed by atoms with Crippen LogP contribution in [0.15, 0.2) is 29.8 Å². The van der Waals surface area contributed by atoms with Crippen LogP contribution in [-0.4, -0.2) is 23.7 Å². The van der Waals surface area contributed by atoms with Crippen LogP contribution >= 0.6 is 0 Å². The molecule has 1 aliphatic heterocycles. The highest BCUT2D eigenvalue weighted by atomic mass is 16.6. The van der Waals surface area contributed by atoms with Crippen molar-refractivity contribution in [2.24, 2.45) is 0 Å². The van der Waals surface area contributed by atoms with Crippen LogP contribution in [-0.2, 0) is 17.9 Å². The van der Waals surface area contributed by atoms with Crippen molar-refractivity contribution in [3.63, 3.8) is 0 Å². The molecular formula is C22H25N3O3. The first kappa shape index (κ1) is 19.6. The van der Waals surface area contributed by atoms with E-state index in [-0.39, 0.29) is 5.57 Å². The maximum absolute atomic E-state index is 12.5. The molecule has 0 radical (unpaired) electrons. The molecule has 1 amide bonds. The lowest BCUT2D eigenvalue weighted by Crippen LogP contribution is -2.24. The number of hydrogen-bond acceptors (Lipinski definition) is 4. The molecule has 0 aliphatic carbocycles. The van der Waals surface area contributed by atoms with Gasteiger partial charge in [0.2, 0.25) is 0 Å². The third-order valence-corrected chi connectivity index (χ3v) is 4.78. The predicted octanol–water partition coefficient (Wildman–Crippen LogP) is 3.51. The smallest absolute Gasteiger partial charge is 0.262 e. The maximum Gasteiger partial charge on any atom is 0.262 e. The van der Waals surface area contributed by atoms with Crippen molar-refractivity contribution in [3.05, 3.63) is 52.4 Å². The van der Waals surface area contributed by atoms with Gasteiger partial charge in [-0.2, -0.15) is 5.26 Å². The minimum absolute atomic E-state index is 0.0919. The van der Waals surface area contributed by atoms with E-state index in [0.29, 0.717) is 31.3 Å². The van der Waals surface area contributed by atoms with Crippen LogP contribution in [0.3, 0.4) is 0 Å². The van der Waals surface area contributed by atoms with Gasteiger partial charge in [0.25, 0.3) is 5.91 Å². The number of benzene rings is 1. The first-order valence-electron chi connectivity index (χ1n) is 9.48. The number of carbonyl (C=O) groups is 1. The van der Waals surface area contributed by atoms with Crippen LogP contribution in [0.2, 0.25) is 0 Å². The minimum atomic E-state index is -0.391. The number of nitrogens with zero attached hydrogens (tertiary/aromatic N) is 2. The molecule has 0 saturated heterocycles. The summed E-state index contributed by atoms with van der Waals surface area (Å²) in [4.78, 5) is 12.5. The van der Waals surface area contributed by atoms with E-state index in [1.54, 1.807) is 6.08 Å². The molecule has 1 aromatic heterocycles. The summed E-state index contributed by atoms with van der Waals surface area (Å²) in [6.45, 7) is 8.46. The fourth-order valence-corrected chi connectivity index (χ4v) is 3.32. The quantitative estimate of drug-likeness (QED) is 0.616. The molecule has 0 spiro atoms. The van der Waals surface area contributed by atoms with Gasteiger partial charge in [-0.25, -0.2) is 0 Å². The number of hydrogen-bond donors (Lipinski definition) is 1. The Hall–Kier alpha value is -3.20. The Morgan fingerprint density at radius 2 is 2.00 bits per heavy atom. The number of fused-ring (bicyclic) bond motifs is 1. The van der Waals surface area contributed by atoms with Crippen molar-refractivity contribution in [3.8, 4) is 17.6 Å². The van der Waals surface area contributed by atoms with Gasteiger partial charge in [-0.15, -0.1) is 0 Å². The van der Waals surface area contributed by atoms with Crippen LogP contribution < -0.4 is 14.8 Å². The molecular weight excluding hydrogens is 354 g/mol. The molecule has 0 fully saturated rings. The molecule has 146 valence electrons. The van der Waals surface area contributed by atoms with Crippen molar-refractivity contribution in [1.29, 1.82) is 5.26 Å². The monoisotopic (exact) mass is 379 g/mol. The van der Waals surface area contributed by atoms with Gasteiger partial charge in [0.05, 0.1) is 0 Å². The highest BCUT2D eigenvalue weighted by Crippen LogP contribution is 2.30. The number of aromatic nitrogens is 1. The molecule has 1 aliphatic rings. The number of ether oxygens (including phenoxy) is 2. The second-order valence-electron chi connectivity index (χ2n) is 6.81. The van der Waals surface area contributed by atoms with Gasteiger partial charge in [-0.3, -0.25) is 4.79 Å². The molecule has 0 bridgehead atoms. The molecule has 6 heteroatoms. The zero-order chi connectivity index (χ0) is 20.1. The number of nitriles is 1. The Balaban J connectivity index is 1.71. The molecule has 2 aromatic rings. The Morgan fingerprint density at radius 1 is 1.25 bits per heavy atom. The summed E-state index contributed by atoms with van der Waals surface area (Å²) in [6, 6.07) is 9.59. The fraction of sp³-hybridized carbons (Fsp3) is 0.364. The highest BCUT2D eigenvalue weighted by Gasteiger charge is 2.14. The van der Waals surface area contributed by atoms with Gasteiger partial charge in [0.15, 0.2) is 11.5 Å². The number of amides is 1. The van der Waals surface area contributed by atoms with E-state index in [2.05, 4.69) is 16.8 Å². The van der Waals surface area contributed by atoms with Crippen molar-refractivity contribution in [2.45, 2.75) is 40.3 Å². The lowest BCUT2D eigenvalue weighted by atomic mass is 10.1. The topological polar surface area (TPSA) is 76.3 Å². The summed E-state index contributed by atoms with van der Waals surface area (Å²) in [5, 5.41) is 12.3. The summed E-state index contributed by atoms with van der Waals surface area (Å²) in [5.41, 5.74) is 4.06. The van der Waals surface area contributed by atoms with Crippen molar-refractivity contribution in [2.75, 3.05) is 13.2 Å². The number of nitrogens with one attached hydrogen (secondary N) is 1. The zero-order valence-electron chi connectivity index (χ0n) is 16.5. The second-order valence-corrected chi connectivity index (χ2v) is 6.81. The van der Waals surface area contributed by atoms with Crippen LogP contribution in [0.4, 0.5) is 0 Å². The number of aryl methyl sites for hydroxylation is 1. The average molecular weight is 379 g/mol. The molecule has 0 unspecified atom stereocenters. The molecule has 28 heavy (non-hydrogen) atoms. The zero-order valence-corrected chi connectivity index (χ0v) is 16.5. The van der Waals surface area contributed by atoms with E-state index in [9.17, 15) is 10.1 Å². The fourth-order valence-electron chi connectivity index (χ4n) is 3.32. The largest absolute Gasteiger partial charge is 0.486 e. The summed E-state index contributed by atoms with van der Waals surface area (Å²) < 4.78 is 13.3. The molecule has 2 heterocycles. The lowest BCUT2D eigenvalue weighted by Gasteiger charge is -2.18. The summed E-state index contributed by atoms with van der Waals surface area (Å²) in [6.07, 6.45) is 2.69. The molecule has 6 nitrogen and oxygen atoms in total. The average Bonchev–Trinajstić information content (AvgIpc) is 2.97. The Morgan fingerprint density at radius 3 is 2.71 bits per heavy atom. The van der Waals surface area contributed by atoms with Gasteiger partial charge in [-0.05, 0) is 55.7 Å². The van der Waals surface area contributed by atoms with E-state index in [1.807, 2.05) is 44.2 Å². The van der Waals surface area contributed by atoms with Gasteiger partial charge < -0.3 is 19.4 Å². The Bertz CT molecular complexity index is 951. The van der Waals surface area contributed by atoms with Crippen molar-refractivity contribution < 1.29 is 14.3 Å². The number of rotatable bonds is 6. The summed E-state index contributed by atoms with van der Waals surface area (Å²) in [7, 11) is 0. The molecule has 3 rings (SSSR count).